The molecule has 9 nitrogen and oxygen atoms in total. The molecule has 0 atom stereocenters. The molecular formula is C30H18Cl4N6O3. The highest BCUT2D eigenvalue weighted by Crippen LogP contribution is 2.42. The highest BCUT2D eigenvalue weighted by Gasteiger charge is 2.22. The van der Waals surface area contributed by atoms with Gasteiger partial charge in [0.15, 0.2) is 5.82 Å². The van der Waals surface area contributed by atoms with Crippen molar-refractivity contribution in [1.82, 2.24) is 19.7 Å². The van der Waals surface area contributed by atoms with E-state index < -0.39 is 0 Å². The van der Waals surface area contributed by atoms with Gasteiger partial charge in [0, 0.05) is 46.9 Å². The van der Waals surface area contributed by atoms with Gasteiger partial charge < -0.3 is 19.7 Å². The number of benzene rings is 2. The Morgan fingerprint density at radius 1 is 0.791 bits per heavy atom. The molecular weight excluding hydrogens is 634 g/mol. The summed E-state index contributed by atoms with van der Waals surface area (Å²) in [7, 11) is 3.05. The zero-order valence-corrected chi connectivity index (χ0v) is 25.3. The van der Waals surface area contributed by atoms with Crippen LogP contribution >= 0.6 is 46.4 Å². The van der Waals surface area contributed by atoms with Crippen LogP contribution in [0.5, 0.6) is 11.5 Å². The van der Waals surface area contributed by atoms with Crippen LogP contribution in [0.4, 0.5) is 0 Å². The minimum Gasteiger partial charge on any atom is -0.495 e. The lowest BCUT2D eigenvalue weighted by molar-refractivity contribution is 0.187. The minimum atomic E-state index is 0.277. The van der Waals surface area contributed by atoms with Gasteiger partial charge in [-0.2, -0.15) is 15.3 Å². The van der Waals surface area contributed by atoms with E-state index in [9.17, 15) is 15.7 Å². The molecule has 0 amide bonds. The number of ether oxygens (including phenoxy) is 2. The van der Waals surface area contributed by atoms with Crippen LogP contribution in [-0.2, 0) is 0 Å². The van der Waals surface area contributed by atoms with Crippen LogP contribution in [0.2, 0.25) is 20.1 Å². The Kier molecular flexibility index (Phi) is 8.54. The maximum Gasteiger partial charge on any atom is 0.177 e. The van der Waals surface area contributed by atoms with Crippen molar-refractivity contribution in [3.05, 3.63) is 92.4 Å². The van der Waals surface area contributed by atoms with E-state index in [1.807, 2.05) is 6.07 Å². The molecule has 4 heterocycles. The first-order chi connectivity index (χ1) is 20.7. The molecule has 0 saturated carbocycles. The molecule has 214 valence electrons. The molecule has 0 radical (unpaired) electrons. The summed E-state index contributed by atoms with van der Waals surface area (Å²) in [6.45, 7) is 0. The van der Waals surface area contributed by atoms with Crippen molar-refractivity contribution in [3.63, 3.8) is 0 Å². The fourth-order valence-electron chi connectivity index (χ4n) is 4.58. The predicted molar refractivity (Wildman–Crippen MR) is 166 cm³/mol. The Balaban J connectivity index is 0.000000171. The van der Waals surface area contributed by atoms with Gasteiger partial charge >= 0.3 is 0 Å². The second-order valence-electron chi connectivity index (χ2n) is 8.89. The summed E-state index contributed by atoms with van der Waals surface area (Å²) < 4.78 is 11.3. The number of methoxy groups -OCH3 is 2. The zero-order chi connectivity index (χ0) is 30.8. The molecule has 6 rings (SSSR count). The van der Waals surface area contributed by atoms with Gasteiger partial charge in [0.2, 0.25) is 0 Å². The standard InChI is InChI=1S/C15H9Cl2N3O2.C15H9Cl2N3O/c1-22-13-4-10(11(16)5-12(13)17)9-2-3-20(21)15-14(9)8(6-18)7-19-15;1-21-13-4-10(11(16)5-12(13)17)9-2-3-19-15-14(9)8(6-18)7-20-15/h2-5,7,21H,1H3;2-5,7H,1H3,(H,19,20). The number of pyridine rings is 2. The SMILES string of the molecule is COc1cc(-c2ccn(O)c3ncc(C#N)c2-3)c(Cl)cc1Cl.COc1cc(-c2ccnc3[nH]cc(C#N)c23)c(Cl)cc1Cl. The van der Waals surface area contributed by atoms with Crippen molar-refractivity contribution in [2.45, 2.75) is 0 Å². The third kappa shape index (κ3) is 5.48. The van der Waals surface area contributed by atoms with E-state index in [-0.39, 0.29) is 5.82 Å². The van der Waals surface area contributed by atoms with Gasteiger partial charge in [0.1, 0.15) is 29.3 Å². The first-order valence-corrected chi connectivity index (χ1v) is 13.8. The number of aromatic nitrogens is 4. The fraction of sp³-hybridized carbons (Fsp3) is 0.0667. The van der Waals surface area contributed by atoms with Gasteiger partial charge in [-0.1, -0.05) is 46.4 Å². The van der Waals surface area contributed by atoms with E-state index in [0.29, 0.717) is 65.1 Å². The molecule has 43 heavy (non-hydrogen) atoms. The van der Waals surface area contributed by atoms with Crippen molar-refractivity contribution < 1.29 is 14.7 Å². The molecule has 2 aromatic heterocycles. The van der Waals surface area contributed by atoms with Gasteiger partial charge in [0.25, 0.3) is 0 Å². The fourth-order valence-corrected chi connectivity index (χ4v) is 5.70. The highest BCUT2D eigenvalue weighted by atomic mass is 35.5. The molecule has 0 saturated heterocycles. The summed E-state index contributed by atoms with van der Waals surface area (Å²) in [5.74, 6) is 1.27. The number of halogens is 4. The highest BCUT2D eigenvalue weighted by molar-refractivity contribution is 6.38. The number of aromatic amines is 1. The number of hydrogen-bond donors (Lipinski definition) is 2. The Hall–Kier alpha value is -4.64. The van der Waals surface area contributed by atoms with Crippen LogP contribution in [0.25, 0.3) is 44.7 Å². The van der Waals surface area contributed by atoms with Crippen molar-refractivity contribution in [2.75, 3.05) is 14.2 Å². The maximum atomic E-state index is 9.83. The van der Waals surface area contributed by atoms with Crippen LogP contribution in [-0.4, -0.2) is 39.1 Å². The third-order valence-corrected chi connectivity index (χ3v) is 7.77. The van der Waals surface area contributed by atoms with E-state index in [1.165, 1.54) is 26.6 Å². The summed E-state index contributed by atoms with van der Waals surface area (Å²) in [5.41, 5.74) is 4.84. The molecule has 0 aliphatic carbocycles. The Morgan fingerprint density at radius 3 is 1.98 bits per heavy atom. The van der Waals surface area contributed by atoms with Crippen LogP contribution in [0.3, 0.4) is 0 Å². The summed E-state index contributed by atoms with van der Waals surface area (Å²) in [6, 6.07) is 14.3. The van der Waals surface area contributed by atoms with Crippen molar-refractivity contribution >= 4 is 57.4 Å². The molecule has 2 aliphatic heterocycles. The number of nitrogens with zero attached hydrogens (tertiary/aromatic N) is 5. The predicted octanol–water partition coefficient (Wildman–Crippen LogP) is 8.50. The molecule has 13 heteroatoms. The number of fused-ring (bicyclic) bond motifs is 2. The van der Waals surface area contributed by atoms with Gasteiger partial charge in [0.05, 0.1) is 45.4 Å². The lowest BCUT2D eigenvalue weighted by atomic mass is 9.98. The van der Waals surface area contributed by atoms with E-state index >= 15 is 0 Å². The second kappa shape index (κ2) is 12.3. The van der Waals surface area contributed by atoms with Crippen LogP contribution in [0, 0.1) is 22.7 Å². The Labute approximate surface area is 265 Å². The maximum absolute atomic E-state index is 9.83. The number of nitrogens with one attached hydrogen (secondary N) is 1. The summed E-state index contributed by atoms with van der Waals surface area (Å²) in [6.07, 6.45) is 6.13. The van der Waals surface area contributed by atoms with Crippen LogP contribution in [0.15, 0.2) is 61.2 Å². The number of nitriles is 2. The lowest BCUT2D eigenvalue weighted by Gasteiger charge is -2.14. The molecule has 0 unspecified atom stereocenters. The van der Waals surface area contributed by atoms with Crippen molar-refractivity contribution in [1.29, 1.82) is 10.5 Å². The molecule has 2 N–H and O–H groups in total. The van der Waals surface area contributed by atoms with Gasteiger partial charge in [-0.05, 0) is 47.5 Å². The first-order valence-electron chi connectivity index (χ1n) is 12.2. The first kappa shape index (κ1) is 29.8. The number of H-pyrrole nitrogens is 1. The largest absolute Gasteiger partial charge is 0.495 e. The monoisotopic (exact) mass is 650 g/mol. The Morgan fingerprint density at radius 2 is 1.40 bits per heavy atom. The van der Waals surface area contributed by atoms with E-state index in [2.05, 4.69) is 27.1 Å². The molecule has 2 aromatic carbocycles. The summed E-state index contributed by atoms with van der Waals surface area (Å²) in [4.78, 5) is 11.2. The van der Waals surface area contributed by atoms with E-state index in [0.717, 1.165) is 21.2 Å². The van der Waals surface area contributed by atoms with Gasteiger partial charge in [-0.15, -0.1) is 0 Å². The molecule has 4 aromatic rings. The average molecular weight is 652 g/mol. The second-order valence-corrected chi connectivity index (χ2v) is 10.5. The molecule has 0 spiro atoms. The molecule has 2 aliphatic rings. The summed E-state index contributed by atoms with van der Waals surface area (Å²) in [5, 5.41) is 30.8. The van der Waals surface area contributed by atoms with Crippen molar-refractivity contribution in [2.24, 2.45) is 0 Å². The average Bonchev–Trinajstić information content (AvgIpc) is 3.63. The zero-order valence-electron chi connectivity index (χ0n) is 22.3. The smallest absolute Gasteiger partial charge is 0.177 e. The van der Waals surface area contributed by atoms with Crippen LogP contribution in [0.1, 0.15) is 11.1 Å². The minimum absolute atomic E-state index is 0.277. The molecule has 0 fully saturated rings. The van der Waals surface area contributed by atoms with E-state index in [4.69, 9.17) is 55.9 Å². The van der Waals surface area contributed by atoms with Crippen LogP contribution < -0.4 is 9.47 Å². The Bertz CT molecular complexity index is 2060. The lowest BCUT2D eigenvalue weighted by Crippen LogP contribution is -2.00. The van der Waals surface area contributed by atoms with Crippen molar-refractivity contribution in [3.8, 4) is 57.3 Å². The third-order valence-electron chi connectivity index (χ3n) is 6.56. The van der Waals surface area contributed by atoms with Gasteiger partial charge in [-0.3, -0.25) is 0 Å². The van der Waals surface area contributed by atoms with Gasteiger partial charge in [-0.25, -0.2) is 9.97 Å². The number of rotatable bonds is 4. The molecule has 0 bridgehead atoms. The normalized spacial score (nSPS) is 10.6. The van der Waals surface area contributed by atoms with E-state index in [1.54, 1.807) is 42.7 Å². The quantitative estimate of drug-likeness (QED) is 0.183. The summed E-state index contributed by atoms with van der Waals surface area (Å²) >= 11 is 24.7. The topological polar surface area (TPSA) is 133 Å². The number of hydrogen-bond acceptors (Lipinski definition) is 7.